The number of hydrogen-bond donors (Lipinski definition) is 2. The Labute approximate surface area is 241 Å². The average molecular weight is 645 g/mol. The summed E-state index contributed by atoms with van der Waals surface area (Å²) in [6, 6.07) is 8.29. The number of sulfonamides is 1. The van der Waals surface area contributed by atoms with E-state index in [1.54, 1.807) is 10.8 Å². The summed E-state index contributed by atoms with van der Waals surface area (Å²) in [6.45, 7) is 1.59. The van der Waals surface area contributed by atoms with Gasteiger partial charge in [-0.05, 0) is 67.5 Å². The number of alkyl halides is 6. The molecule has 1 saturated heterocycles. The zero-order valence-corrected chi connectivity index (χ0v) is 23.3. The fourth-order valence-electron chi connectivity index (χ4n) is 4.32. The summed E-state index contributed by atoms with van der Waals surface area (Å²) < 4.78 is 119. The highest BCUT2D eigenvalue weighted by atomic mass is 32.2. The Bertz CT molecular complexity index is 1430. The molecule has 1 aliphatic carbocycles. The lowest BCUT2D eigenvalue weighted by atomic mass is 10.0. The van der Waals surface area contributed by atoms with Crippen LogP contribution in [0.1, 0.15) is 53.1 Å². The van der Waals surface area contributed by atoms with Crippen LogP contribution < -0.4 is 14.2 Å². The molecule has 1 saturated carbocycles. The van der Waals surface area contributed by atoms with Gasteiger partial charge in [-0.3, -0.25) is 9.69 Å². The molecule has 9 nitrogen and oxygen atoms in total. The van der Waals surface area contributed by atoms with Crippen LogP contribution in [0.5, 0.6) is 11.5 Å². The molecule has 0 bridgehead atoms. The van der Waals surface area contributed by atoms with E-state index < -0.39 is 40.3 Å². The van der Waals surface area contributed by atoms with Crippen LogP contribution in [0.2, 0.25) is 0 Å². The number of carbonyl (C=O) groups excluding carboxylic acids is 1. The number of amides is 1. The Hall–Kier alpha value is -3.60. The first-order chi connectivity index (χ1) is 19.8. The van der Waals surface area contributed by atoms with E-state index in [1.165, 1.54) is 24.3 Å². The molecular formula is C26H27F7N2O7S. The monoisotopic (exact) mass is 644 g/mol. The van der Waals surface area contributed by atoms with Crippen molar-refractivity contribution in [1.82, 2.24) is 9.62 Å². The number of carboxylic acid groups (broad SMARTS) is 1. The van der Waals surface area contributed by atoms with Crippen LogP contribution in [-0.2, 0) is 21.4 Å². The van der Waals surface area contributed by atoms with Gasteiger partial charge in [0.15, 0.2) is 0 Å². The number of aliphatic carboxylic acids is 1. The molecule has 0 spiro atoms. The SMILES string of the molecule is CS(=O)(=O)NC(=O)c1cc(C2CC2)c(OC2CCCN(Cc3cccc(OC(F)(F)F)c3)C2)cc1F.O=C(O)C(F)(F)F. The number of nitrogens with one attached hydrogen (secondary N) is 1. The fraction of sp³-hybridized carbons (Fsp3) is 0.462. The number of halogens is 7. The molecule has 2 fully saturated rings. The van der Waals surface area contributed by atoms with E-state index in [-0.39, 0.29) is 23.3 Å². The summed E-state index contributed by atoms with van der Waals surface area (Å²) in [6.07, 6.45) is -6.14. The van der Waals surface area contributed by atoms with Gasteiger partial charge in [-0.15, -0.1) is 13.2 Å². The topological polar surface area (TPSA) is 122 Å². The minimum atomic E-state index is -5.08. The van der Waals surface area contributed by atoms with Crippen molar-refractivity contribution < 1.29 is 63.3 Å². The number of hydrogen-bond acceptors (Lipinski definition) is 7. The van der Waals surface area contributed by atoms with Gasteiger partial charge in [0.1, 0.15) is 23.4 Å². The summed E-state index contributed by atoms with van der Waals surface area (Å²) in [7, 11) is -3.85. The zero-order chi connectivity index (χ0) is 32.2. The average Bonchev–Trinajstić information content (AvgIpc) is 3.67. The molecule has 238 valence electrons. The third-order valence-corrected chi connectivity index (χ3v) is 6.73. The van der Waals surface area contributed by atoms with Crippen molar-refractivity contribution in [3.05, 3.63) is 58.9 Å². The second-order valence-corrected chi connectivity index (χ2v) is 11.7. The van der Waals surface area contributed by atoms with Gasteiger partial charge in [-0.25, -0.2) is 22.3 Å². The smallest absolute Gasteiger partial charge is 0.489 e. The maximum Gasteiger partial charge on any atom is 0.573 e. The molecular weight excluding hydrogens is 617 g/mol. The minimum Gasteiger partial charge on any atom is -0.489 e. The van der Waals surface area contributed by atoms with E-state index in [9.17, 15) is 43.9 Å². The first-order valence-corrected chi connectivity index (χ1v) is 14.6. The van der Waals surface area contributed by atoms with Crippen molar-refractivity contribution in [2.45, 2.75) is 56.8 Å². The molecule has 1 amide bonds. The van der Waals surface area contributed by atoms with Crippen molar-refractivity contribution in [2.75, 3.05) is 19.3 Å². The number of carbonyl (C=O) groups is 2. The van der Waals surface area contributed by atoms with Gasteiger partial charge in [-0.1, -0.05) is 12.1 Å². The first kappa shape index (κ1) is 33.9. The van der Waals surface area contributed by atoms with Crippen molar-refractivity contribution >= 4 is 21.9 Å². The van der Waals surface area contributed by atoms with E-state index in [2.05, 4.69) is 4.74 Å². The van der Waals surface area contributed by atoms with Crippen LogP contribution in [0.4, 0.5) is 30.7 Å². The van der Waals surface area contributed by atoms with Crippen LogP contribution in [0.25, 0.3) is 0 Å². The van der Waals surface area contributed by atoms with Gasteiger partial charge >= 0.3 is 18.5 Å². The molecule has 1 aliphatic heterocycles. The number of benzene rings is 2. The molecule has 43 heavy (non-hydrogen) atoms. The second kappa shape index (κ2) is 13.4. The Kier molecular flexibility index (Phi) is 10.5. The predicted octanol–water partition coefficient (Wildman–Crippen LogP) is 4.97. The largest absolute Gasteiger partial charge is 0.573 e. The van der Waals surface area contributed by atoms with E-state index in [0.29, 0.717) is 36.4 Å². The van der Waals surface area contributed by atoms with Gasteiger partial charge < -0.3 is 14.6 Å². The number of ether oxygens (including phenoxy) is 2. The summed E-state index contributed by atoms with van der Waals surface area (Å²) in [5.41, 5.74) is 0.952. The van der Waals surface area contributed by atoms with Crippen LogP contribution in [0.3, 0.4) is 0 Å². The molecule has 2 aromatic rings. The number of piperidine rings is 1. The van der Waals surface area contributed by atoms with Crippen molar-refractivity contribution in [3.63, 3.8) is 0 Å². The van der Waals surface area contributed by atoms with E-state index in [0.717, 1.165) is 38.1 Å². The summed E-state index contributed by atoms with van der Waals surface area (Å²) in [4.78, 5) is 23.2. The van der Waals surface area contributed by atoms with Crippen molar-refractivity contribution in [2.24, 2.45) is 0 Å². The quantitative estimate of drug-likeness (QED) is 0.387. The standard InChI is InChI=1S/C24H26F4N2O5S.C2HF3O2/c1-36(32,33)29-23(31)20-11-19(16-7-8-16)22(12-21(20)25)34-18-6-3-9-30(14-18)13-15-4-2-5-17(10-15)35-24(26,27)28;3-2(4,5)1(6)7/h2,4-5,10-12,16,18H,3,6-9,13-14H2,1H3,(H,29,31);(H,6,7). The molecule has 0 aromatic heterocycles. The number of likely N-dealkylation sites (tertiary alicyclic amines) is 1. The first-order valence-electron chi connectivity index (χ1n) is 12.7. The summed E-state index contributed by atoms with van der Waals surface area (Å²) in [5.74, 6) is -4.55. The highest BCUT2D eigenvalue weighted by Crippen LogP contribution is 2.45. The van der Waals surface area contributed by atoms with Gasteiger partial charge in [0.05, 0.1) is 11.8 Å². The lowest BCUT2D eigenvalue weighted by molar-refractivity contribution is -0.274. The molecule has 2 aliphatic rings. The van der Waals surface area contributed by atoms with Crippen LogP contribution in [0.15, 0.2) is 36.4 Å². The molecule has 1 atom stereocenters. The number of rotatable bonds is 8. The number of carboxylic acids is 1. The van der Waals surface area contributed by atoms with Crippen molar-refractivity contribution in [1.29, 1.82) is 0 Å². The Morgan fingerprint density at radius 3 is 2.28 bits per heavy atom. The fourth-order valence-corrected chi connectivity index (χ4v) is 4.76. The van der Waals surface area contributed by atoms with Crippen molar-refractivity contribution in [3.8, 4) is 11.5 Å². The predicted molar refractivity (Wildman–Crippen MR) is 136 cm³/mol. The molecule has 0 radical (unpaired) electrons. The number of nitrogens with zero attached hydrogens (tertiary/aromatic N) is 1. The maximum atomic E-state index is 14.8. The molecule has 1 heterocycles. The molecule has 1 unspecified atom stereocenters. The zero-order valence-electron chi connectivity index (χ0n) is 22.5. The minimum absolute atomic E-state index is 0.0986. The van der Waals surface area contributed by atoms with E-state index >= 15 is 0 Å². The highest BCUT2D eigenvalue weighted by molar-refractivity contribution is 7.89. The van der Waals surface area contributed by atoms with Crippen LogP contribution in [-0.4, -0.2) is 68.3 Å². The normalized spacial score (nSPS) is 17.8. The summed E-state index contributed by atoms with van der Waals surface area (Å²) in [5, 5.41) is 7.12. The molecule has 4 rings (SSSR count). The maximum absolute atomic E-state index is 14.8. The van der Waals surface area contributed by atoms with Gasteiger partial charge in [0.25, 0.3) is 5.91 Å². The summed E-state index contributed by atoms with van der Waals surface area (Å²) >= 11 is 0. The lowest BCUT2D eigenvalue weighted by Gasteiger charge is -2.33. The van der Waals surface area contributed by atoms with E-state index in [4.69, 9.17) is 14.6 Å². The molecule has 2 N–H and O–H groups in total. The lowest BCUT2D eigenvalue weighted by Crippen LogP contribution is -2.40. The van der Waals surface area contributed by atoms with Crippen LogP contribution >= 0.6 is 0 Å². The Morgan fingerprint density at radius 1 is 1.07 bits per heavy atom. The Morgan fingerprint density at radius 2 is 1.72 bits per heavy atom. The molecule has 17 heteroatoms. The van der Waals surface area contributed by atoms with E-state index in [1.807, 2.05) is 4.90 Å². The third kappa shape index (κ3) is 11.2. The van der Waals surface area contributed by atoms with Gasteiger partial charge in [0.2, 0.25) is 10.0 Å². The third-order valence-electron chi connectivity index (χ3n) is 6.18. The highest BCUT2D eigenvalue weighted by Gasteiger charge is 2.38. The second-order valence-electron chi connectivity index (χ2n) is 9.96. The van der Waals surface area contributed by atoms with Gasteiger partial charge in [-0.2, -0.15) is 13.2 Å². The molecule has 2 aromatic carbocycles. The van der Waals surface area contributed by atoms with Crippen LogP contribution in [0, 0.1) is 5.82 Å². The van der Waals surface area contributed by atoms with Gasteiger partial charge in [0, 0.05) is 19.2 Å². The Balaban J connectivity index is 0.000000646.